The van der Waals surface area contributed by atoms with E-state index in [4.69, 9.17) is 4.74 Å². The molecule has 2 heterocycles. The molecule has 0 saturated heterocycles. The molecular formula is C24H20N4O5S. The first-order valence-electron chi connectivity index (χ1n) is 10.5. The number of nitrogens with zero attached hydrogens (tertiary/aromatic N) is 1. The number of imidazole rings is 1. The summed E-state index contributed by atoms with van der Waals surface area (Å²) in [5.41, 5.74) is 3.51. The summed E-state index contributed by atoms with van der Waals surface area (Å²) < 4.78 is 30.6. The van der Waals surface area contributed by atoms with Crippen LogP contribution in [0.25, 0.3) is 22.4 Å². The Bertz CT molecular complexity index is 1480. The molecule has 172 valence electrons. The van der Waals surface area contributed by atoms with Crippen LogP contribution in [0.1, 0.15) is 6.42 Å². The molecule has 0 unspecified atom stereocenters. The third-order valence-corrected chi connectivity index (χ3v) is 7.09. The van der Waals surface area contributed by atoms with E-state index >= 15 is 0 Å². The number of benzene rings is 3. The Morgan fingerprint density at radius 2 is 1.85 bits per heavy atom. The molecule has 0 bridgehead atoms. The van der Waals surface area contributed by atoms with Crippen molar-refractivity contribution in [2.24, 2.45) is 0 Å². The second-order valence-corrected chi connectivity index (χ2v) is 9.90. The van der Waals surface area contributed by atoms with Crippen molar-refractivity contribution in [2.75, 3.05) is 23.0 Å². The summed E-state index contributed by atoms with van der Waals surface area (Å²) in [4.78, 5) is 31.7. The Morgan fingerprint density at radius 1 is 1.06 bits per heavy atom. The highest BCUT2D eigenvalue weighted by Gasteiger charge is 2.22. The number of aromatic nitrogens is 2. The fourth-order valence-electron chi connectivity index (χ4n) is 3.63. The second-order valence-electron chi connectivity index (χ2n) is 7.79. The fraction of sp³-hybridized carbons (Fsp3) is 0.125. The van der Waals surface area contributed by atoms with Crippen molar-refractivity contribution < 1.29 is 22.7 Å². The van der Waals surface area contributed by atoms with Gasteiger partial charge in [0.05, 0.1) is 27.4 Å². The number of ether oxygens (including phenoxy) is 1. The lowest BCUT2D eigenvalue weighted by atomic mass is 10.2. The van der Waals surface area contributed by atoms with Crippen LogP contribution >= 0.6 is 0 Å². The molecule has 0 atom stereocenters. The first kappa shape index (κ1) is 21.7. The van der Waals surface area contributed by atoms with Crippen molar-refractivity contribution in [2.45, 2.75) is 11.3 Å². The number of aromatic amines is 1. The number of nitrogens with one attached hydrogen (secondary N) is 3. The first-order chi connectivity index (χ1) is 16.4. The Kier molecular flexibility index (Phi) is 5.50. The summed E-state index contributed by atoms with van der Waals surface area (Å²) in [6, 6.07) is 19.1. The minimum atomic E-state index is -3.73. The van der Waals surface area contributed by atoms with Crippen molar-refractivity contribution in [3.05, 3.63) is 66.7 Å². The molecule has 4 aromatic rings. The number of fused-ring (bicyclic) bond motifs is 2. The maximum atomic E-state index is 12.7. The third-order valence-electron chi connectivity index (χ3n) is 5.37. The molecule has 10 heteroatoms. The van der Waals surface area contributed by atoms with E-state index in [-0.39, 0.29) is 29.6 Å². The molecule has 0 aliphatic carbocycles. The molecule has 9 nitrogen and oxygen atoms in total. The van der Waals surface area contributed by atoms with Crippen LogP contribution in [0.15, 0.2) is 71.6 Å². The molecule has 0 saturated carbocycles. The molecule has 3 N–H and O–H groups in total. The zero-order valence-corrected chi connectivity index (χ0v) is 18.7. The summed E-state index contributed by atoms with van der Waals surface area (Å²) in [5.74, 6) is -0.0228. The molecule has 3 aromatic carbocycles. The maximum Gasteiger partial charge on any atom is 0.262 e. The maximum absolute atomic E-state index is 12.7. The van der Waals surface area contributed by atoms with Crippen molar-refractivity contribution >= 4 is 44.1 Å². The van der Waals surface area contributed by atoms with E-state index in [1.807, 2.05) is 36.4 Å². The minimum absolute atomic E-state index is 0.0139. The standard InChI is InChI=1S/C24H20N4O5S/c29-22(11-12-34(31,32)17-9-10-21-20(13-17)26-23(30)14-33-21)25-16-7-5-15(6-8-16)24-27-18-3-1-2-4-19(18)28-24/h1-10,13H,11-12,14H2,(H,25,29)(H,26,30)(H,27,28). The molecule has 0 fully saturated rings. The number of carbonyl (C=O) groups is 2. The summed E-state index contributed by atoms with van der Waals surface area (Å²) in [7, 11) is -3.73. The largest absolute Gasteiger partial charge is 0.482 e. The van der Waals surface area contributed by atoms with E-state index in [9.17, 15) is 18.0 Å². The van der Waals surface area contributed by atoms with Gasteiger partial charge in [0.25, 0.3) is 5.91 Å². The van der Waals surface area contributed by atoms with Gasteiger partial charge in [-0.05, 0) is 54.6 Å². The number of para-hydroxylation sites is 2. The average Bonchev–Trinajstić information content (AvgIpc) is 3.27. The predicted octanol–water partition coefficient (Wildman–Crippen LogP) is 3.36. The van der Waals surface area contributed by atoms with Crippen molar-refractivity contribution in [3.63, 3.8) is 0 Å². The van der Waals surface area contributed by atoms with Gasteiger partial charge in [-0.1, -0.05) is 12.1 Å². The number of H-pyrrole nitrogens is 1. The van der Waals surface area contributed by atoms with E-state index in [1.165, 1.54) is 18.2 Å². The number of carbonyl (C=O) groups excluding carboxylic acids is 2. The van der Waals surface area contributed by atoms with Gasteiger partial charge in [0.1, 0.15) is 11.6 Å². The van der Waals surface area contributed by atoms with Crippen LogP contribution in [0, 0.1) is 0 Å². The Labute approximate surface area is 195 Å². The minimum Gasteiger partial charge on any atom is -0.482 e. The molecule has 5 rings (SSSR count). The van der Waals surface area contributed by atoms with Gasteiger partial charge in [0.15, 0.2) is 16.4 Å². The van der Waals surface area contributed by atoms with Crippen LogP contribution in [0.4, 0.5) is 11.4 Å². The van der Waals surface area contributed by atoms with Crippen LogP contribution in [0.5, 0.6) is 5.75 Å². The Balaban J connectivity index is 1.21. The van der Waals surface area contributed by atoms with E-state index in [0.29, 0.717) is 17.1 Å². The Morgan fingerprint density at radius 3 is 2.65 bits per heavy atom. The van der Waals surface area contributed by atoms with Gasteiger partial charge >= 0.3 is 0 Å². The van der Waals surface area contributed by atoms with Gasteiger partial charge < -0.3 is 20.4 Å². The number of anilines is 2. The van der Waals surface area contributed by atoms with Crippen molar-refractivity contribution in [1.29, 1.82) is 0 Å². The van der Waals surface area contributed by atoms with Crippen LogP contribution in [-0.2, 0) is 19.4 Å². The molecule has 0 spiro atoms. The SMILES string of the molecule is O=C(CCS(=O)(=O)c1ccc2c(c1)NC(=O)CO2)Nc1ccc(-c2nc3ccccc3[nH]2)cc1. The zero-order chi connectivity index (χ0) is 23.7. The van der Waals surface area contributed by atoms with Crippen molar-refractivity contribution in [3.8, 4) is 17.1 Å². The second kappa shape index (κ2) is 8.64. The number of hydrogen-bond donors (Lipinski definition) is 3. The zero-order valence-electron chi connectivity index (χ0n) is 17.9. The highest BCUT2D eigenvalue weighted by Crippen LogP contribution is 2.30. The lowest BCUT2D eigenvalue weighted by Gasteiger charge is -2.18. The molecule has 2 amide bonds. The fourth-order valence-corrected chi connectivity index (χ4v) is 4.89. The molecule has 0 radical (unpaired) electrons. The quantitative estimate of drug-likeness (QED) is 0.391. The predicted molar refractivity (Wildman–Crippen MR) is 127 cm³/mol. The lowest BCUT2D eigenvalue weighted by Crippen LogP contribution is -2.25. The van der Waals surface area contributed by atoms with Gasteiger partial charge in [-0.25, -0.2) is 13.4 Å². The summed E-state index contributed by atoms with van der Waals surface area (Å²) >= 11 is 0. The summed E-state index contributed by atoms with van der Waals surface area (Å²) in [5, 5.41) is 5.30. The number of amides is 2. The molecule has 34 heavy (non-hydrogen) atoms. The van der Waals surface area contributed by atoms with Gasteiger partial charge in [-0.2, -0.15) is 0 Å². The van der Waals surface area contributed by atoms with Crippen LogP contribution in [-0.4, -0.2) is 42.6 Å². The highest BCUT2D eigenvalue weighted by molar-refractivity contribution is 7.91. The third kappa shape index (κ3) is 4.48. The monoisotopic (exact) mass is 476 g/mol. The van der Waals surface area contributed by atoms with E-state index in [1.54, 1.807) is 12.1 Å². The van der Waals surface area contributed by atoms with E-state index in [2.05, 4.69) is 20.6 Å². The van der Waals surface area contributed by atoms with Crippen molar-refractivity contribution in [1.82, 2.24) is 9.97 Å². The van der Waals surface area contributed by atoms with Gasteiger partial charge in [-0.3, -0.25) is 9.59 Å². The van der Waals surface area contributed by atoms with Crippen LogP contribution in [0.2, 0.25) is 0 Å². The molecule has 1 aliphatic heterocycles. The van der Waals surface area contributed by atoms with Crippen LogP contribution < -0.4 is 15.4 Å². The summed E-state index contributed by atoms with van der Waals surface area (Å²) in [6.45, 7) is -0.113. The number of hydrogen-bond acceptors (Lipinski definition) is 6. The molecule has 1 aromatic heterocycles. The van der Waals surface area contributed by atoms with E-state index < -0.39 is 15.7 Å². The topological polar surface area (TPSA) is 130 Å². The first-order valence-corrected chi connectivity index (χ1v) is 12.2. The number of sulfone groups is 1. The normalized spacial score (nSPS) is 13.1. The van der Waals surface area contributed by atoms with Gasteiger partial charge in [0, 0.05) is 17.7 Å². The average molecular weight is 477 g/mol. The smallest absolute Gasteiger partial charge is 0.262 e. The van der Waals surface area contributed by atoms with E-state index in [0.717, 1.165) is 22.4 Å². The van der Waals surface area contributed by atoms with Crippen LogP contribution in [0.3, 0.4) is 0 Å². The van der Waals surface area contributed by atoms with Gasteiger partial charge in [-0.15, -0.1) is 0 Å². The van der Waals surface area contributed by atoms with Gasteiger partial charge in [0.2, 0.25) is 5.91 Å². The highest BCUT2D eigenvalue weighted by atomic mass is 32.2. The summed E-state index contributed by atoms with van der Waals surface area (Å²) in [6.07, 6.45) is -0.215. The molecular weight excluding hydrogens is 456 g/mol. The Hall–Kier alpha value is -4.18. The lowest BCUT2D eigenvalue weighted by molar-refractivity contribution is -0.118. The number of rotatable bonds is 6. The molecule has 1 aliphatic rings.